The Bertz CT molecular complexity index is 1010. The van der Waals surface area contributed by atoms with Crippen molar-refractivity contribution >= 4 is 23.4 Å². The molecule has 3 aliphatic rings. The maximum atomic E-state index is 14.2. The van der Waals surface area contributed by atoms with Crippen molar-refractivity contribution in [1.29, 1.82) is 0 Å². The van der Waals surface area contributed by atoms with Gasteiger partial charge < -0.3 is 15.1 Å². The number of halogens is 2. The third-order valence-electron chi connectivity index (χ3n) is 7.47. The largest absolute Gasteiger partial charge is 0.349 e. The van der Waals surface area contributed by atoms with Gasteiger partial charge in [-0.05, 0) is 54.7 Å². The molecular formula is C27H31ClFN3O2. The zero-order chi connectivity index (χ0) is 23.7. The highest BCUT2D eigenvalue weighted by atomic mass is 35.5. The van der Waals surface area contributed by atoms with Crippen LogP contribution in [0.1, 0.15) is 47.6 Å². The number of fused-ring (bicyclic) bond motifs is 1. The molecule has 2 aromatic carbocycles. The first kappa shape index (κ1) is 23.3. The fraction of sp³-hybridized carbons (Fsp3) is 0.481. The maximum absolute atomic E-state index is 14.2. The van der Waals surface area contributed by atoms with Crippen LogP contribution in [0.4, 0.5) is 4.39 Å². The lowest BCUT2D eigenvalue weighted by Crippen LogP contribution is -2.35. The number of amides is 2. The Balaban J connectivity index is 1.16. The second-order valence-corrected chi connectivity index (χ2v) is 10.5. The molecule has 3 fully saturated rings. The zero-order valence-electron chi connectivity index (χ0n) is 19.3. The second-order valence-electron chi connectivity index (χ2n) is 10.1. The Morgan fingerprint density at radius 1 is 1.00 bits per heavy atom. The van der Waals surface area contributed by atoms with Gasteiger partial charge in [0.05, 0.1) is 16.6 Å². The van der Waals surface area contributed by atoms with Crippen LogP contribution in [0.2, 0.25) is 5.02 Å². The van der Waals surface area contributed by atoms with Crippen LogP contribution < -0.4 is 5.32 Å². The van der Waals surface area contributed by atoms with Gasteiger partial charge in [-0.2, -0.15) is 0 Å². The first-order chi connectivity index (χ1) is 16.5. The minimum absolute atomic E-state index is 0.00849. The predicted molar refractivity (Wildman–Crippen MR) is 130 cm³/mol. The van der Waals surface area contributed by atoms with E-state index in [1.807, 2.05) is 18.2 Å². The maximum Gasteiger partial charge on any atom is 0.258 e. The van der Waals surface area contributed by atoms with Crippen LogP contribution in [0, 0.1) is 23.6 Å². The van der Waals surface area contributed by atoms with Crippen LogP contribution >= 0.6 is 11.6 Å². The van der Waals surface area contributed by atoms with E-state index in [-0.39, 0.29) is 28.4 Å². The topological polar surface area (TPSA) is 52.7 Å². The van der Waals surface area contributed by atoms with Crippen LogP contribution in [-0.2, 0) is 4.79 Å². The van der Waals surface area contributed by atoms with E-state index in [1.165, 1.54) is 25.0 Å². The number of hydrogen-bond acceptors (Lipinski definition) is 3. The van der Waals surface area contributed by atoms with Crippen molar-refractivity contribution in [2.75, 3.05) is 32.7 Å². The predicted octanol–water partition coefficient (Wildman–Crippen LogP) is 4.53. The van der Waals surface area contributed by atoms with Gasteiger partial charge >= 0.3 is 0 Å². The highest BCUT2D eigenvalue weighted by molar-refractivity contribution is 6.33. The number of rotatable bonds is 8. The van der Waals surface area contributed by atoms with Crippen molar-refractivity contribution in [2.45, 2.75) is 31.7 Å². The fourth-order valence-corrected chi connectivity index (χ4v) is 5.70. The van der Waals surface area contributed by atoms with Crippen molar-refractivity contribution in [1.82, 2.24) is 15.1 Å². The summed E-state index contributed by atoms with van der Waals surface area (Å²) >= 11 is 6.11. The minimum Gasteiger partial charge on any atom is -0.349 e. The van der Waals surface area contributed by atoms with Crippen LogP contribution in [0.15, 0.2) is 48.5 Å². The number of benzene rings is 2. The summed E-state index contributed by atoms with van der Waals surface area (Å²) in [5, 5.41) is 3.43. The number of nitrogens with one attached hydrogen (secondary N) is 1. The van der Waals surface area contributed by atoms with Crippen molar-refractivity contribution in [3.05, 3.63) is 70.5 Å². The van der Waals surface area contributed by atoms with Gasteiger partial charge in [-0.25, -0.2) is 4.39 Å². The normalized spacial score (nSPS) is 23.1. The molecule has 2 heterocycles. The van der Waals surface area contributed by atoms with Crippen LogP contribution in [0.25, 0.3) is 0 Å². The lowest BCUT2D eigenvalue weighted by molar-refractivity contribution is -0.122. The molecule has 1 aliphatic carbocycles. The number of hydrogen-bond donors (Lipinski definition) is 1. The third kappa shape index (κ3) is 5.28. The summed E-state index contributed by atoms with van der Waals surface area (Å²) < 4.78 is 14.2. The highest BCUT2D eigenvalue weighted by Gasteiger charge is 2.42. The van der Waals surface area contributed by atoms with Gasteiger partial charge in [0.1, 0.15) is 5.82 Å². The Morgan fingerprint density at radius 3 is 2.35 bits per heavy atom. The van der Waals surface area contributed by atoms with E-state index in [9.17, 15) is 14.0 Å². The molecule has 180 valence electrons. The molecular weight excluding hydrogens is 453 g/mol. The van der Waals surface area contributed by atoms with E-state index in [4.69, 9.17) is 11.6 Å². The third-order valence-corrected chi connectivity index (χ3v) is 7.78. The standard InChI is InChI=1S/C27H31ClFN3O2/c28-22-7-4-8-23(29)26(22)27(34)32-16-20-14-31(15-21(20)17-32)12-11-24(19-5-2-1-3-6-19)30-25(33)13-18-9-10-18/h1-8,18,20-21,24H,9-17H2,(H,30,33). The molecule has 3 unspecified atom stereocenters. The average Bonchev–Trinajstić information content (AvgIpc) is 3.41. The van der Waals surface area contributed by atoms with Crippen molar-refractivity contribution in [3.63, 3.8) is 0 Å². The summed E-state index contributed by atoms with van der Waals surface area (Å²) in [5.74, 6) is 0.608. The van der Waals surface area contributed by atoms with Crippen LogP contribution in [0.5, 0.6) is 0 Å². The molecule has 2 aliphatic heterocycles. The Hall–Kier alpha value is -2.44. The van der Waals surface area contributed by atoms with E-state index in [2.05, 4.69) is 22.3 Å². The quantitative estimate of drug-likeness (QED) is 0.600. The van der Waals surface area contributed by atoms with E-state index in [0.717, 1.165) is 31.6 Å². The van der Waals surface area contributed by atoms with Gasteiger partial charge in [-0.3, -0.25) is 9.59 Å². The van der Waals surface area contributed by atoms with Gasteiger partial charge in [0.2, 0.25) is 5.91 Å². The first-order valence-corrected chi connectivity index (χ1v) is 12.7. The van der Waals surface area contributed by atoms with Crippen molar-refractivity contribution in [2.24, 2.45) is 17.8 Å². The molecule has 2 saturated heterocycles. The molecule has 0 radical (unpaired) electrons. The summed E-state index contributed by atoms with van der Waals surface area (Å²) in [6.45, 7) is 3.98. The summed E-state index contributed by atoms with van der Waals surface area (Å²) in [4.78, 5) is 29.6. The number of carbonyl (C=O) groups is 2. The zero-order valence-corrected chi connectivity index (χ0v) is 20.0. The molecule has 7 heteroatoms. The van der Waals surface area contributed by atoms with Gasteiger partial charge in [0, 0.05) is 39.1 Å². The number of carbonyl (C=O) groups excluding carboxylic acids is 2. The number of likely N-dealkylation sites (tertiary alicyclic amines) is 2. The average molecular weight is 484 g/mol. The molecule has 1 N–H and O–H groups in total. The summed E-state index contributed by atoms with van der Waals surface area (Å²) in [6.07, 6.45) is 3.83. The second kappa shape index (κ2) is 10.0. The van der Waals surface area contributed by atoms with Gasteiger partial charge in [-0.15, -0.1) is 0 Å². The molecule has 0 spiro atoms. The smallest absolute Gasteiger partial charge is 0.258 e. The van der Waals surface area contributed by atoms with Crippen molar-refractivity contribution in [3.8, 4) is 0 Å². The van der Waals surface area contributed by atoms with Crippen molar-refractivity contribution < 1.29 is 14.0 Å². The minimum atomic E-state index is -0.563. The lowest BCUT2D eigenvalue weighted by atomic mass is 10.0. The van der Waals surface area contributed by atoms with Gasteiger partial charge in [0.15, 0.2) is 0 Å². The molecule has 0 bridgehead atoms. The van der Waals surface area contributed by atoms with Crippen LogP contribution in [0.3, 0.4) is 0 Å². The molecule has 2 aromatic rings. The summed E-state index contributed by atoms with van der Waals surface area (Å²) in [6, 6.07) is 14.6. The summed E-state index contributed by atoms with van der Waals surface area (Å²) in [5.41, 5.74) is 1.12. The summed E-state index contributed by atoms with van der Waals surface area (Å²) in [7, 11) is 0. The number of nitrogens with zero attached hydrogens (tertiary/aromatic N) is 2. The molecule has 5 rings (SSSR count). The van der Waals surface area contributed by atoms with Crippen LogP contribution in [-0.4, -0.2) is 54.3 Å². The Morgan fingerprint density at radius 2 is 1.71 bits per heavy atom. The SMILES string of the molecule is O=C(CC1CC1)NC(CCN1CC2CN(C(=O)c3c(F)cccc3Cl)CC2C1)c1ccccc1. The monoisotopic (exact) mass is 483 g/mol. The molecule has 34 heavy (non-hydrogen) atoms. The van der Waals surface area contributed by atoms with E-state index >= 15 is 0 Å². The van der Waals surface area contributed by atoms with E-state index in [0.29, 0.717) is 37.3 Å². The van der Waals surface area contributed by atoms with E-state index < -0.39 is 5.82 Å². The Labute approximate surface area is 205 Å². The Kier molecular flexibility index (Phi) is 6.89. The lowest BCUT2D eigenvalue weighted by Gasteiger charge is -2.25. The fourth-order valence-electron chi connectivity index (χ4n) is 5.46. The first-order valence-electron chi connectivity index (χ1n) is 12.3. The molecule has 5 nitrogen and oxygen atoms in total. The molecule has 1 saturated carbocycles. The molecule has 2 amide bonds. The molecule has 3 atom stereocenters. The molecule has 0 aromatic heterocycles. The highest BCUT2D eigenvalue weighted by Crippen LogP contribution is 2.34. The van der Waals surface area contributed by atoms with Gasteiger partial charge in [0.25, 0.3) is 5.91 Å². The van der Waals surface area contributed by atoms with Gasteiger partial charge in [-0.1, -0.05) is 48.0 Å². The van der Waals surface area contributed by atoms with E-state index in [1.54, 1.807) is 11.0 Å².